The van der Waals surface area contributed by atoms with E-state index in [2.05, 4.69) is 21.2 Å². The summed E-state index contributed by atoms with van der Waals surface area (Å²) in [5.41, 5.74) is 7.65. The first-order valence-corrected chi connectivity index (χ1v) is 7.35. The molecule has 0 saturated carbocycles. The molecule has 2 aromatic rings. The highest BCUT2D eigenvalue weighted by atomic mass is 79.9. The van der Waals surface area contributed by atoms with Crippen LogP contribution in [0.5, 0.6) is 0 Å². The average molecular weight is 394 g/mol. The van der Waals surface area contributed by atoms with Crippen LogP contribution >= 0.6 is 51.3 Å². The fraction of sp³-hybridized carbons (Fsp3) is 0. The number of nitrogens with two attached hydrogens (primary N) is 1. The third kappa shape index (κ3) is 3.41. The fourth-order valence-electron chi connectivity index (χ4n) is 1.59. The lowest BCUT2D eigenvalue weighted by molar-refractivity contribution is 0.629. The summed E-state index contributed by atoms with van der Waals surface area (Å²) in [5, 5.41) is 2.98. The molecule has 0 bridgehead atoms. The molecule has 3 N–H and O–H groups in total. The van der Waals surface area contributed by atoms with Crippen LogP contribution < -0.4 is 11.1 Å². The van der Waals surface area contributed by atoms with Crippen LogP contribution in [-0.4, -0.2) is 4.99 Å². The molecular formula is C13H8BrCl2FN2S. The molecule has 0 saturated heterocycles. The van der Waals surface area contributed by atoms with Crippen LogP contribution in [0.2, 0.25) is 10.0 Å². The van der Waals surface area contributed by atoms with Crippen LogP contribution in [-0.2, 0) is 0 Å². The Morgan fingerprint density at radius 2 is 1.75 bits per heavy atom. The normalized spacial score (nSPS) is 10.4. The van der Waals surface area contributed by atoms with Crippen LogP contribution in [0, 0.1) is 5.82 Å². The summed E-state index contributed by atoms with van der Waals surface area (Å²) < 4.78 is 14.1. The molecule has 0 atom stereocenters. The van der Waals surface area contributed by atoms with Crippen molar-refractivity contribution in [3.8, 4) is 0 Å². The van der Waals surface area contributed by atoms with E-state index in [9.17, 15) is 4.39 Å². The number of anilines is 2. The molecule has 0 aliphatic rings. The first-order chi connectivity index (χ1) is 9.38. The van der Waals surface area contributed by atoms with Crippen molar-refractivity contribution >= 4 is 67.7 Å². The van der Waals surface area contributed by atoms with Crippen molar-refractivity contribution in [2.24, 2.45) is 5.73 Å². The van der Waals surface area contributed by atoms with Crippen LogP contribution in [0.3, 0.4) is 0 Å². The van der Waals surface area contributed by atoms with Gasteiger partial charge in [-0.25, -0.2) is 4.39 Å². The lowest BCUT2D eigenvalue weighted by atomic mass is 10.2. The van der Waals surface area contributed by atoms with Gasteiger partial charge in [-0.05, 0) is 46.3 Å². The standard InChI is InChI=1S/C13H8BrCl2FN2S/c14-9-3-6(1-2-8(9)13(18)20)19-7-4-10(15)12(17)11(16)5-7/h1-5,19H,(H2,18,20). The van der Waals surface area contributed by atoms with Gasteiger partial charge in [0, 0.05) is 21.4 Å². The summed E-state index contributed by atoms with van der Waals surface area (Å²) in [5.74, 6) is -0.635. The maximum absolute atomic E-state index is 13.3. The SMILES string of the molecule is NC(=S)c1ccc(Nc2cc(Cl)c(F)c(Cl)c2)cc1Br. The van der Waals surface area contributed by atoms with E-state index in [0.29, 0.717) is 10.7 Å². The summed E-state index contributed by atoms with van der Waals surface area (Å²) in [6.45, 7) is 0. The zero-order chi connectivity index (χ0) is 14.9. The second kappa shape index (κ2) is 6.26. The van der Waals surface area contributed by atoms with E-state index in [4.69, 9.17) is 41.2 Å². The van der Waals surface area contributed by atoms with Gasteiger partial charge in [-0.15, -0.1) is 0 Å². The molecule has 0 aliphatic heterocycles. The largest absolute Gasteiger partial charge is 0.389 e. The first-order valence-electron chi connectivity index (χ1n) is 5.39. The molecule has 2 rings (SSSR count). The molecule has 0 radical (unpaired) electrons. The Morgan fingerprint density at radius 1 is 1.15 bits per heavy atom. The summed E-state index contributed by atoms with van der Waals surface area (Å²) in [6, 6.07) is 8.29. The first kappa shape index (κ1) is 15.5. The third-order valence-electron chi connectivity index (χ3n) is 2.51. The van der Waals surface area contributed by atoms with Crippen molar-refractivity contribution in [3.63, 3.8) is 0 Å². The van der Waals surface area contributed by atoms with E-state index in [1.165, 1.54) is 12.1 Å². The van der Waals surface area contributed by atoms with Crippen LogP contribution in [0.4, 0.5) is 15.8 Å². The molecule has 104 valence electrons. The van der Waals surface area contributed by atoms with E-state index in [1.54, 1.807) is 18.2 Å². The summed E-state index contributed by atoms with van der Waals surface area (Å²) in [4.78, 5) is 0.302. The van der Waals surface area contributed by atoms with Crippen molar-refractivity contribution in [2.75, 3.05) is 5.32 Å². The Bertz CT molecular complexity index is 671. The lowest BCUT2D eigenvalue weighted by Gasteiger charge is -2.10. The van der Waals surface area contributed by atoms with Gasteiger partial charge in [0.1, 0.15) is 4.99 Å². The van der Waals surface area contributed by atoms with Crippen molar-refractivity contribution < 1.29 is 4.39 Å². The minimum absolute atomic E-state index is 0.0428. The van der Waals surface area contributed by atoms with Gasteiger partial charge in [-0.2, -0.15) is 0 Å². The molecule has 0 amide bonds. The van der Waals surface area contributed by atoms with Crippen molar-refractivity contribution in [3.05, 3.63) is 56.2 Å². The maximum Gasteiger partial charge on any atom is 0.160 e. The molecule has 0 heterocycles. The summed E-state index contributed by atoms with van der Waals surface area (Å²) >= 11 is 19.8. The fourth-order valence-corrected chi connectivity index (χ4v) is 2.98. The van der Waals surface area contributed by atoms with E-state index < -0.39 is 5.82 Å². The van der Waals surface area contributed by atoms with Crippen LogP contribution in [0.25, 0.3) is 0 Å². The van der Waals surface area contributed by atoms with Gasteiger partial charge < -0.3 is 11.1 Å². The molecule has 0 unspecified atom stereocenters. The van der Waals surface area contributed by atoms with Crippen LogP contribution in [0.1, 0.15) is 5.56 Å². The Kier molecular flexibility index (Phi) is 4.86. The molecule has 2 aromatic carbocycles. The Hall–Kier alpha value is -0.880. The third-order valence-corrected chi connectivity index (χ3v) is 3.93. The zero-order valence-electron chi connectivity index (χ0n) is 9.88. The minimum Gasteiger partial charge on any atom is -0.389 e. The van der Waals surface area contributed by atoms with Gasteiger partial charge in [0.25, 0.3) is 0 Å². The number of thiocarbonyl (C=S) groups is 1. The molecule has 0 fully saturated rings. The predicted octanol–water partition coefficient (Wildman–Crippen LogP) is 5.27. The molecule has 0 aliphatic carbocycles. The quantitative estimate of drug-likeness (QED) is 0.550. The molecule has 7 heteroatoms. The van der Waals surface area contributed by atoms with Crippen molar-refractivity contribution in [1.29, 1.82) is 0 Å². The highest BCUT2D eigenvalue weighted by molar-refractivity contribution is 9.10. The van der Waals surface area contributed by atoms with Gasteiger partial charge in [0.05, 0.1) is 10.0 Å². The van der Waals surface area contributed by atoms with Gasteiger partial charge >= 0.3 is 0 Å². The zero-order valence-corrected chi connectivity index (χ0v) is 13.8. The number of benzene rings is 2. The number of nitrogens with one attached hydrogen (secondary N) is 1. The maximum atomic E-state index is 13.3. The van der Waals surface area contributed by atoms with E-state index in [-0.39, 0.29) is 10.0 Å². The molecule has 20 heavy (non-hydrogen) atoms. The smallest absolute Gasteiger partial charge is 0.160 e. The average Bonchev–Trinajstić information content (AvgIpc) is 2.35. The molecule has 0 spiro atoms. The summed E-state index contributed by atoms with van der Waals surface area (Å²) in [6.07, 6.45) is 0. The minimum atomic E-state index is -0.635. The predicted molar refractivity (Wildman–Crippen MR) is 89.7 cm³/mol. The topological polar surface area (TPSA) is 38.0 Å². The molecule has 0 aromatic heterocycles. The number of halogens is 4. The highest BCUT2D eigenvalue weighted by Crippen LogP contribution is 2.30. The van der Waals surface area contributed by atoms with Gasteiger partial charge in [-0.3, -0.25) is 0 Å². The van der Waals surface area contributed by atoms with Crippen molar-refractivity contribution in [2.45, 2.75) is 0 Å². The van der Waals surface area contributed by atoms with Gasteiger partial charge in [-0.1, -0.05) is 35.4 Å². The molecular weight excluding hydrogens is 386 g/mol. The van der Waals surface area contributed by atoms with E-state index in [0.717, 1.165) is 15.7 Å². The Morgan fingerprint density at radius 3 is 2.25 bits per heavy atom. The van der Waals surface area contributed by atoms with E-state index >= 15 is 0 Å². The second-order valence-electron chi connectivity index (χ2n) is 3.94. The highest BCUT2D eigenvalue weighted by Gasteiger charge is 2.09. The van der Waals surface area contributed by atoms with Crippen molar-refractivity contribution in [1.82, 2.24) is 0 Å². The van der Waals surface area contributed by atoms with Gasteiger partial charge in [0.2, 0.25) is 0 Å². The Labute approximate surface area is 139 Å². The number of hydrogen-bond donors (Lipinski definition) is 2. The lowest BCUT2D eigenvalue weighted by Crippen LogP contribution is -2.10. The number of rotatable bonds is 3. The monoisotopic (exact) mass is 392 g/mol. The molecule has 2 nitrogen and oxygen atoms in total. The van der Waals surface area contributed by atoms with Gasteiger partial charge in [0.15, 0.2) is 5.82 Å². The second-order valence-corrected chi connectivity index (χ2v) is 6.05. The van der Waals surface area contributed by atoms with Crippen LogP contribution in [0.15, 0.2) is 34.8 Å². The number of hydrogen-bond acceptors (Lipinski definition) is 2. The summed E-state index contributed by atoms with van der Waals surface area (Å²) in [7, 11) is 0. The van der Waals surface area contributed by atoms with E-state index in [1.807, 2.05) is 0 Å². The Balaban J connectivity index is 2.31.